The second-order valence-corrected chi connectivity index (χ2v) is 14.1. The van der Waals surface area contributed by atoms with E-state index in [1.165, 1.54) is 7.11 Å². The summed E-state index contributed by atoms with van der Waals surface area (Å²) in [6, 6.07) is 3.46. The molecule has 1 aliphatic rings. The molecule has 1 unspecified atom stereocenters. The molecule has 0 radical (unpaired) electrons. The van der Waals surface area contributed by atoms with Gasteiger partial charge in [-0.3, -0.25) is 0 Å². The lowest BCUT2D eigenvalue weighted by molar-refractivity contribution is 0.0600. The van der Waals surface area contributed by atoms with Crippen molar-refractivity contribution in [2.45, 2.75) is 57.8 Å². The molecule has 0 amide bonds. The van der Waals surface area contributed by atoms with E-state index in [0.29, 0.717) is 11.3 Å². The average Bonchev–Trinajstić information content (AvgIpc) is 2.52. The van der Waals surface area contributed by atoms with Crippen LogP contribution in [0.15, 0.2) is 16.6 Å². The van der Waals surface area contributed by atoms with Crippen molar-refractivity contribution in [1.29, 1.82) is 0 Å². The predicted octanol–water partition coefficient (Wildman–Crippen LogP) is 4.81. The number of nitrogens with two attached hydrogens (primary N) is 1. The van der Waals surface area contributed by atoms with E-state index in [-0.39, 0.29) is 17.1 Å². The average molecular weight is 443 g/mol. The van der Waals surface area contributed by atoms with Crippen LogP contribution in [0, 0.1) is 0 Å². The number of methoxy groups -OCH3 is 1. The van der Waals surface area contributed by atoms with E-state index in [2.05, 4.69) is 54.7 Å². The zero-order valence-electron chi connectivity index (χ0n) is 16.7. The molecule has 2 N–H and O–H groups in total. The standard InChI is InChI=1S/C19H31BrN2O3Si/c1-19(2,3)26(5,6)25-14-8-7-9-22(12-14)17-15(20)10-13(11-16(17)21)18(23)24-4/h10-11,14H,7-9,12,21H2,1-6H3. The summed E-state index contributed by atoms with van der Waals surface area (Å²) in [5.74, 6) is -0.387. The van der Waals surface area contributed by atoms with Crippen LogP contribution in [0.3, 0.4) is 0 Å². The summed E-state index contributed by atoms with van der Waals surface area (Å²) in [5.41, 5.74) is 8.23. The van der Waals surface area contributed by atoms with Gasteiger partial charge in [-0.05, 0) is 59.0 Å². The third kappa shape index (κ3) is 4.61. The summed E-state index contributed by atoms with van der Waals surface area (Å²) >= 11 is 3.58. The Kier molecular flexibility index (Phi) is 6.46. The molecule has 0 spiro atoms. The number of ether oxygens (including phenoxy) is 1. The molecule has 1 heterocycles. The maximum absolute atomic E-state index is 11.8. The molecule has 26 heavy (non-hydrogen) atoms. The number of piperidine rings is 1. The minimum atomic E-state index is -1.81. The molecule has 1 saturated heterocycles. The number of halogens is 1. The van der Waals surface area contributed by atoms with Gasteiger partial charge in [0.25, 0.3) is 0 Å². The molecule has 0 aliphatic carbocycles. The van der Waals surface area contributed by atoms with E-state index >= 15 is 0 Å². The molecule has 1 aromatic carbocycles. The molecule has 2 rings (SSSR count). The summed E-state index contributed by atoms with van der Waals surface area (Å²) < 4.78 is 12.2. The molecular weight excluding hydrogens is 412 g/mol. The number of hydrogen-bond donors (Lipinski definition) is 1. The number of carbonyl (C=O) groups excluding carboxylic acids is 1. The highest BCUT2D eigenvalue weighted by atomic mass is 79.9. The highest BCUT2D eigenvalue weighted by molar-refractivity contribution is 9.10. The van der Waals surface area contributed by atoms with E-state index in [4.69, 9.17) is 14.9 Å². The number of benzene rings is 1. The Morgan fingerprint density at radius 2 is 2.00 bits per heavy atom. The van der Waals surface area contributed by atoms with Gasteiger partial charge in [0.1, 0.15) is 0 Å². The number of nitrogen functional groups attached to an aromatic ring is 1. The van der Waals surface area contributed by atoms with Crippen molar-refractivity contribution in [3.05, 3.63) is 22.2 Å². The SMILES string of the molecule is COC(=O)c1cc(N)c(N2CCCC(O[Si](C)(C)C(C)(C)C)C2)c(Br)c1. The molecule has 0 bridgehead atoms. The second-order valence-electron chi connectivity index (χ2n) is 8.48. The summed E-state index contributed by atoms with van der Waals surface area (Å²) in [6.07, 6.45) is 2.33. The van der Waals surface area contributed by atoms with Crippen molar-refractivity contribution in [2.24, 2.45) is 0 Å². The summed E-state index contributed by atoms with van der Waals surface area (Å²) in [4.78, 5) is 14.0. The van der Waals surface area contributed by atoms with E-state index < -0.39 is 8.32 Å². The highest BCUT2D eigenvalue weighted by Gasteiger charge is 2.40. The van der Waals surface area contributed by atoms with Crippen molar-refractivity contribution < 1.29 is 14.0 Å². The lowest BCUT2D eigenvalue weighted by Crippen LogP contribution is -2.49. The molecule has 146 valence electrons. The lowest BCUT2D eigenvalue weighted by Gasteiger charge is -2.43. The molecule has 7 heteroatoms. The first-order valence-electron chi connectivity index (χ1n) is 9.06. The first-order valence-corrected chi connectivity index (χ1v) is 12.8. The third-order valence-electron chi connectivity index (χ3n) is 5.48. The van der Waals surface area contributed by atoms with Gasteiger partial charge in [-0.1, -0.05) is 20.8 Å². The highest BCUT2D eigenvalue weighted by Crippen LogP contribution is 2.40. The Bertz CT molecular complexity index is 650. The summed E-state index contributed by atoms with van der Waals surface area (Å²) in [5, 5.41) is 0.192. The van der Waals surface area contributed by atoms with Crippen LogP contribution in [0.1, 0.15) is 44.0 Å². The van der Waals surface area contributed by atoms with Crippen LogP contribution in [0.4, 0.5) is 11.4 Å². The zero-order valence-corrected chi connectivity index (χ0v) is 19.3. The summed E-state index contributed by atoms with van der Waals surface area (Å²) in [6.45, 7) is 13.1. The monoisotopic (exact) mass is 442 g/mol. The Morgan fingerprint density at radius 1 is 1.35 bits per heavy atom. The van der Waals surface area contributed by atoms with Gasteiger partial charge in [0.05, 0.1) is 30.2 Å². The molecule has 0 saturated carbocycles. The topological polar surface area (TPSA) is 64.8 Å². The molecule has 5 nitrogen and oxygen atoms in total. The molecule has 0 aromatic heterocycles. The largest absolute Gasteiger partial charge is 0.465 e. The van der Waals surface area contributed by atoms with E-state index in [9.17, 15) is 4.79 Å². The van der Waals surface area contributed by atoms with Gasteiger partial charge in [0.2, 0.25) is 0 Å². The van der Waals surface area contributed by atoms with Gasteiger partial charge >= 0.3 is 5.97 Å². The number of anilines is 2. The van der Waals surface area contributed by atoms with Crippen molar-refractivity contribution in [1.82, 2.24) is 0 Å². The maximum atomic E-state index is 11.8. The van der Waals surface area contributed by atoms with Gasteiger partial charge < -0.3 is 19.8 Å². The van der Waals surface area contributed by atoms with Crippen molar-refractivity contribution in [2.75, 3.05) is 30.8 Å². The van der Waals surface area contributed by atoms with Crippen LogP contribution in [0.5, 0.6) is 0 Å². The summed E-state index contributed by atoms with van der Waals surface area (Å²) in [7, 11) is -0.441. The van der Waals surface area contributed by atoms with Crippen molar-refractivity contribution in [3.63, 3.8) is 0 Å². The van der Waals surface area contributed by atoms with Crippen molar-refractivity contribution >= 4 is 41.6 Å². The van der Waals surface area contributed by atoms with Crippen LogP contribution in [-0.4, -0.2) is 40.6 Å². The molecule has 1 fully saturated rings. The van der Waals surface area contributed by atoms with Crippen LogP contribution in [0.25, 0.3) is 0 Å². The smallest absolute Gasteiger partial charge is 0.337 e. The second kappa shape index (κ2) is 7.90. The van der Waals surface area contributed by atoms with Gasteiger partial charge in [-0.2, -0.15) is 0 Å². The minimum Gasteiger partial charge on any atom is -0.465 e. The number of nitrogens with zero attached hydrogens (tertiary/aromatic N) is 1. The quantitative estimate of drug-likeness (QED) is 0.411. The maximum Gasteiger partial charge on any atom is 0.337 e. The zero-order chi connectivity index (χ0) is 19.7. The first-order chi connectivity index (χ1) is 12.0. The van der Waals surface area contributed by atoms with Gasteiger partial charge in [0, 0.05) is 17.6 Å². The third-order valence-corrected chi connectivity index (χ3v) is 10.6. The normalized spacial score (nSPS) is 18.7. The van der Waals surface area contributed by atoms with Crippen LogP contribution < -0.4 is 10.6 Å². The van der Waals surface area contributed by atoms with E-state index in [0.717, 1.165) is 36.1 Å². The van der Waals surface area contributed by atoms with E-state index in [1.54, 1.807) is 12.1 Å². The van der Waals surface area contributed by atoms with Crippen LogP contribution >= 0.6 is 15.9 Å². The first kappa shape index (κ1) is 21.2. The molecule has 1 atom stereocenters. The lowest BCUT2D eigenvalue weighted by atomic mass is 10.1. The van der Waals surface area contributed by atoms with Crippen molar-refractivity contribution in [3.8, 4) is 0 Å². The minimum absolute atomic E-state index is 0.192. The molecular formula is C19H31BrN2O3Si. The fourth-order valence-corrected chi connectivity index (χ4v) is 5.13. The number of esters is 1. The Balaban J connectivity index is 2.21. The molecule has 1 aromatic rings. The Morgan fingerprint density at radius 3 is 2.54 bits per heavy atom. The predicted molar refractivity (Wildman–Crippen MR) is 113 cm³/mol. The number of carbonyl (C=O) groups is 1. The van der Waals surface area contributed by atoms with Gasteiger partial charge in [-0.25, -0.2) is 4.79 Å². The van der Waals surface area contributed by atoms with Crippen LogP contribution in [-0.2, 0) is 9.16 Å². The van der Waals surface area contributed by atoms with E-state index in [1.807, 2.05) is 0 Å². The van der Waals surface area contributed by atoms with Crippen LogP contribution in [0.2, 0.25) is 18.1 Å². The Labute approximate surface area is 166 Å². The fraction of sp³-hybridized carbons (Fsp3) is 0.632. The van der Waals surface area contributed by atoms with Gasteiger partial charge in [-0.15, -0.1) is 0 Å². The number of rotatable bonds is 4. The molecule has 1 aliphatic heterocycles. The van der Waals surface area contributed by atoms with Gasteiger partial charge in [0.15, 0.2) is 8.32 Å². The fourth-order valence-electron chi connectivity index (χ4n) is 3.02. The number of hydrogen-bond acceptors (Lipinski definition) is 5. The Hall–Kier alpha value is -1.05.